The predicted molar refractivity (Wildman–Crippen MR) is 103 cm³/mol. The normalized spacial score (nSPS) is 13.1. The summed E-state index contributed by atoms with van der Waals surface area (Å²) >= 11 is 0. The van der Waals surface area contributed by atoms with Gasteiger partial charge in [0.25, 0.3) is 0 Å². The number of carbonyl (C=O) groups is 3. The second-order valence-electron chi connectivity index (χ2n) is 6.34. The number of ether oxygens (including phenoxy) is 3. The maximum Gasteiger partial charge on any atom is 0.307 e. The van der Waals surface area contributed by atoms with Crippen molar-refractivity contribution >= 4 is 17.9 Å². The topological polar surface area (TPSA) is 78.9 Å². The first-order chi connectivity index (χ1) is 12.6. The smallest absolute Gasteiger partial charge is 0.307 e. The van der Waals surface area contributed by atoms with Crippen LogP contribution >= 0.6 is 0 Å². The van der Waals surface area contributed by atoms with Gasteiger partial charge in [0, 0.05) is 32.8 Å². The van der Waals surface area contributed by atoms with Gasteiger partial charge in [-0.1, -0.05) is 23.3 Å². The number of hydrogen-bond acceptors (Lipinski definition) is 6. The van der Waals surface area contributed by atoms with Gasteiger partial charge in [0.2, 0.25) is 0 Å². The van der Waals surface area contributed by atoms with E-state index in [1.807, 2.05) is 13.0 Å². The maximum atomic E-state index is 11.5. The Hall–Kier alpha value is -2.63. The van der Waals surface area contributed by atoms with Crippen LogP contribution in [0.1, 0.15) is 60.8 Å². The molecule has 0 saturated heterocycles. The fourth-order valence-electron chi connectivity index (χ4n) is 2.03. The average molecular weight is 378 g/mol. The molecule has 0 saturated carbocycles. The van der Waals surface area contributed by atoms with Crippen LogP contribution in [0, 0.1) is 0 Å². The molecular formula is C21H30O6. The van der Waals surface area contributed by atoms with Crippen LogP contribution in [0.15, 0.2) is 47.5 Å². The minimum Gasteiger partial charge on any atom is -0.457 e. The molecule has 27 heavy (non-hydrogen) atoms. The molecule has 0 N–H and O–H groups in total. The molecule has 6 heteroatoms. The predicted octanol–water partition coefficient (Wildman–Crippen LogP) is 4.52. The second-order valence-corrected chi connectivity index (χ2v) is 6.34. The Morgan fingerprint density at radius 3 is 2.00 bits per heavy atom. The van der Waals surface area contributed by atoms with Crippen molar-refractivity contribution in [1.29, 1.82) is 0 Å². The summed E-state index contributed by atoms with van der Waals surface area (Å²) in [6.07, 6.45) is 9.49. The molecule has 0 radical (unpaired) electrons. The Balaban J connectivity index is 5.34. The molecule has 1 atom stereocenters. The molecule has 0 aromatic carbocycles. The zero-order valence-electron chi connectivity index (χ0n) is 17.0. The summed E-state index contributed by atoms with van der Waals surface area (Å²) in [7, 11) is 0. The molecule has 0 fully saturated rings. The van der Waals surface area contributed by atoms with E-state index in [-0.39, 0.29) is 0 Å². The lowest BCUT2D eigenvalue weighted by molar-refractivity contribution is -0.144. The van der Waals surface area contributed by atoms with Crippen molar-refractivity contribution in [3.63, 3.8) is 0 Å². The number of hydrogen-bond donors (Lipinski definition) is 0. The summed E-state index contributed by atoms with van der Waals surface area (Å²) in [6.45, 7) is 9.94. The summed E-state index contributed by atoms with van der Waals surface area (Å²) in [4.78, 5) is 33.5. The van der Waals surface area contributed by atoms with Gasteiger partial charge in [0.05, 0.1) is 6.26 Å². The maximum absolute atomic E-state index is 11.5. The first-order valence-electron chi connectivity index (χ1n) is 8.79. The quantitative estimate of drug-likeness (QED) is 0.183. The van der Waals surface area contributed by atoms with Crippen LogP contribution in [0.3, 0.4) is 0 Å². The Labute approximate surface area is 161 Å². The molecule has 0 spiro atoms. The largest absolute Gasteiger partial charge is 0.457 e. The lowest BCUT2D eigenvalue weighted by atomic mass is 10.0. The SMILES string of the molecule is CC(=O)O/C=C(/C=C/OC(C)=O)[C@@H](C/C=C(\C)CCC=C(C)C)OC(C)=O. The van der Waals surface area contributed by atoms with Crippen molar-refractivity contribution in [2.75, 3.05) is 0 Å². The molecular weight excluding hydrogens is 348 g/mol. The molecule has 0 amide bonds. The van der Waals surface area contributed by atoms with Gasteiger partial charge in [-0.15, -0.1) is 0 Å². The van der Waals surface area contributed by atoms with Crippen LogP contribution in [-0.4, -0.2) is 24.0 Å². The molecule has 6 nitrogen and oxygen atoms in total. The standard InChI is InChI=1S/C21H30O6/c1-15(2)8-7-9-16(3)10-11-21(27-19(6)24)20(14-26-18(5)23)12-13-25-17(4)22/h8,10,12-14,21H,7,9,11H2,1-6H3/b13-12+,16-10+,20-14-/t21-/m1/s1. The van der Waals surface area contributed by atoms with Crippen molar-refractivity contribution in [3.8, 4) is 0 Å². The molecule has 0 aromatic heterocycles. The number of rotatable bonds is 10. The number of allylic oxidation sites excluding steroid dienone is 3. The Bertz CT molecular complexity index is 633. The highest BCUT2D eigenvalue weighted by Gasteiger charge is 2.16. The summed E-state index contributed by atoms with van der Waals surface area (Å²) < 4.78 is 15.0. The highest BCUT2D eigenvalue weighted by Crippen LogP contribution is 2.17. The fraction of sp³-hybridized carbons (Fsp3) is 0.476. The van der Waals surface area contributed by atoms with Gasteiger partial charge in [-0.3, -0.25) is 14.4 Å². The highest BCUT2D eigenvalue weighted by atomic mass is 16.5. The van der Waals surface area contributed by atoms with E-state index in [2.05, 4.69) is 19.9 Å². The molecule has 0 rings (SSSR count). The summed E-state index contributed by atoms with van der Waals surface area (Å²) in [5.41, 5.74) is 2.82. The van der Waals surface area contributed by atoms with Crippen LogP contribution in [0.5, 0.6) is 0 Å². The van der Waals surface area contributed by atoms with Gasteiger partial charge in [0.1, 0.15) is 12.4 Å². The lowest BCUT2D eigenvalue weighted by Gasteiger charge is -2.17. The van der Waals surface area contributed by atoms with Crippen LogP contribution < -0.4 is 0 Å². The molecule has 0 heterocycles. The van der Waals surface area contributed by atoms with Gasteiger partial charge in [0.15, 0.2) is 0 Å². The molecule has 0 unspecified atom stereocenters. The van der Waals surface area contributed by atoms with Gasteiger partial charge >= 0.3 is 17.9 Å². The molecule has 0 aromatic rings. The van der Waals surface area contributed by atoms with Crippen molar-refractivity contribution < 1.29 is 28.6 Å². The Kier molecular flexibility index (Phi) is 12.2. The second kappa shape index (κ2) is 13.6. The molecule has 0 aliphatic rings. The Morgan fingerprint density at radius 2 is 1.48 bits per heavy atom. The van der Waals surface area contributed by atoms with Gasteiger partial charge in [-0.05, 0) is 39.7 Å². The third-order valence-electron chi connectivity index (χ3n) is 3.31. The van der Waals surface area contributed by atoms with E-state index in [1.165, 1.54) is 44.9 Å². The first kappa shape index (κ1) is 24.4. The minimum atomic E-state index is -0.674. The summed E-state index contributed by atoms with van der Waals surface area (Å²) in [6, 6.07) is 0. The zero-order chi connectivity index (χ0) is 20.8. The molecule has 0 bridgehead atoms. The van der Waals surface area contributed by atoms with Crippen molar-refractivity contribution in [2.24, 2.45) is 0 Å². The van der Waals surface area contributed by atoms with Crippen molar-refractivity contribution in [2.45, 2.75) is 66.9 Å². The molecule has 0 aliphatic carbocycles. The third kappa shape index (κ3) is 14.2. The number of carbonyl (C=O) groups excluding carboxylic acids is 3. The van der Waals surface area contributed by atoms with E-state index in [4.69, 9.17) is 14.2 Å². The summed E-state index contributed by atoms with van der Waals surface area (Å²) in [5.74, 6) is -1.47. The average Bonchev–Trinajstić information content (AvgIpc) is 2.53. The van der Waals surface area contributed by atoms with E-state index in [9.17, 15) is 14.4 Å². The third-order valence-corrected chi connectivity index (χ3v) is 3.31. The lowest BCUT2D eigenvalue weighted by Crippen LogP contribution is -2.18. The minimum absolute atomic E-state index is 0.398. The van der Waals surface area contributed by atoms with Crippen molar-refractivity contribution in [3.05, 3.63) is 47.5 Å². The van der Waals surface area contributed by atoms with Crippen LogP contribution in [0.25, 0.3) is 0 Å². The first-order valence-corrected chi connectivity index (χ1v) is 8.79. The van der Waals surface area contributed by atoms with Gasteiger partial charge in [-0.25, -0.2) is 0 Å². The molecule has 150 valence electrons. The van der Waals surface area contributed by atoms with Gasteiger partial charge in [-0.2, -0.15) is 0 Å². The van der Waals surface area contributed by atoms with E-state index in [0.717, 1.165) is 18.4 Å². The number of esters is 3. The zero-order valence-corrected chi connectivity index (χ0v) is 17.0. The van der Waals surface area contributed by atoms with Crippen LogP contribution in [0.4, 0.5) is 0 Å². The fourth-order valence-corrected chi connectivity index (χ4v) is 2.03. The van der Waals surface area contributed by atoms with E-state index >= 15 is 0 Å². The van der Waals surface area contributed by atoms with Crippen LogP contribution in [0.2, 0.25) is 0 Å². The Morgan fingerprint density at radius 1 is 0.852 bits per heavy atom. The van der Waals surface area contributed by atoms with E-state index in [0.29, 0.717) is 12.0 Å². The van der Waals surface area contributed by atoms with E-state index in [1.54, 1.807) is 0 Å². The van der Waals surface area contributed by atoms with Gasteiger partial charge < -0.3 is 14.2 Å². The van der Waals surface area contributed by atoms with E-state index < -0.39 is 24.0 Å². The monoisotopic (exact) mass is 378 g/mol. The van der Waals surface area contributed by atoms with Crippen LogP contribution in [-0.2, 0) is 28.6 Å². The summed E-state index contributed by atoms with van der Waals surface area (Å²) in [5, 5.41) is 0. The van der Waals surface area contributed by atoms with Crippen molar-refractivity contribution in [1.82, 2.24) is 0 Å². The molecule has 0 aliphatic heterocycles. The highest BCUT2D eigenvalue weighted by molar-refractivity contribution is 5.68.